The largest absolute Gasteiger partial charge is 0.468 e. The fourth-order valence-electron chi connectivity index (χ4n) is 3.36. The van der Waals surface area contributed by atoms with Crippen LogP contribution in [0.2, 0.25) is 0 Å². The lowest BCUT2D eigenvalue weighted by atomic mass is 10.1. The van der Waals surface area contributed by atoms with Crippen LogP contribution < -0.4 is 5.32 Å². The number of nitrogens with one attached hydrogen (secondary N) is 1. The van der Waals surface area contributed by atoms with Crippen LogP contribution in [-0.2, 0) is 0 Å². The Labute approximate surface area is 152 Å². The van der Waals surface area contributed by atoms with Gasteiger partial charge < -0.3 is 9.73 Å². The number of nitro groups is 1. The lowest BCUT2D eigenvalue weighted by Gasteiger charge is -2.33. The van der Waals surface area contributed by atoms with Crippen molar-refractivity contribution in [3.05, 3.63) is 63.6 Å². The Bertz CT molecular complexity index is 767. The van der Waals surface area contributed by atoms with Gasteiger partial charge in [0.25, 0.3) is 11.6 Å². The zero-order chi connectivity index (χ0) is 18.5. The molecule has 1 aliphatic rings. The van der Waals surface area contributed by atoms with Crippen LogP contribution in [0.3, 0.4) is 0 Å². The van der Waals surface area contributed by atoms with Crippen molar-refractivity contribution < 1.29 is 14.1 Å². The first-order valence-electron chi connectivity index (χ1n) is 8.87. The smallest absolute Gasteiger partial charge is 0.273 e. The van der Waals surface area contributed by atoms with Crippen molar-refractivity contribution in [1.82, 2.24) is 10.2 Å². The third-order valence-corrected chi connectivity index (χ3v) is 4.83. The molecule has 2 aromatic rings. The number of nitro benzene ring substituents is 1. The standard InChI is InChI=1S/C19H23N3O4/c1-14-7-8-15(12-16(14)22(24)25)19(23)20-13-17(18-6-5-11-26-18)21-9-3-2-4-10-21/h5-8,11-12,17H,2-4,9-10,13H2,1H3,(H,20,23)/t17-/m0/s1. The van der Waals surface area contributed by atoms with E-state index in [4.69, 9.17) is 4.42 Å². The lowest BCUT2D eigenvalue weighted by Crippen LogP contribution is -2.40. The Morgan fingerprint density at radius 3 is 2.73 bits per heavy atom. The topological polar surface area (TPSA) is 88.6 Å². The molecule has 1 N–H and O–H groups in total. The van der Waals surface area contributed by atoms with Crippen molar-refractivity contribution in [2.45, 2.75) is 32.2 Å². The van der Waals surface area contributed by atoms with Crippen molar-refractivity contribution in [2.75, 3.05) is 19.6 Å². The molecule has 1 aromatic heterocycles. The molecule has 7 nitrogen and oxygen atoms in total. The second kappa shape index (κ2) is 8.14. The Kier molecular flexibility index (Phi) is 5.68. The Morgan fingerprint density at radius 1 is 1.31 bits per heavy atom. The third kappa shape index (κ3) is 4.11. The van der Waals surface area contributed by atoms with Gasteiger partial charge in [-0.15, -0.1) is 0 Å². The summed E-state index contributed by atoms with van der Waals surface area (Å²) >= 11 is 0. The summed E-state index contributed by atoms with van der Waals surface area (Å²) in [5.41, 5.74) is 0.781. The molecule has 0 spiro atoms. The zero-order valence-electron chi connectivity index (χ0n) is 14.8. The fourth-order valence-corrected chi connectivity index (χ4v) is 3.36. The molecule has 2 heterocycles. The van der Waals surface area contributed by atoms with Crippen LogP contribution in [0.1, 0.15) is 47.0 Å². The molecule has 0 aliphatic carbocycles. The molecule has 3 rings (SSSR count). The Balaban J connectivity index is 1.71. The van der Waals surface area contributed by atoms with E-state index >= 15 is 0 Å². The molecule has 1 aliphatic heterocycles. The first-order valence-corrected chi connectivity index (χ1v) is 8.87. The maximum Gasteiger partial charge on any atom is 0.273 e. The number of likely N-dealkylation sites (tertiary alicyclic amines) is 1. The highest BCUT2D eigenvalue weighted by Gasteiger charge is 2.25. The van der Waals surface area contributed by atoms with Crippen molar-refractivity contribution in [3.63, 3.8) is 0 Å². The molecule has 0 unspecified atom stereocenters. The monoisotopic (exact) mass is 357 g/mol. The number of carbonyl (C=O) groups is 1. The Hall–Kier alpha value is -2.67. The molecule has 138 valence electrons. The lowest BCUT2D eigenvalue weighted by molar-refractivity contribution is -0.385. The van der Waals surface area contributed by atoms with Gasteiger partial charge in [0.05, 0.1) is 17.2 Å². The van der Waals surface area contributed by atoms with Gasteiger partial charge in [-0.1, -0.05) is 12.5 Å². The minimum atomic E-state index is -0.467. The number of benzene rings is 1. The number of rotatable bonds is 6. The van der Waals surface area contributed by atoms with Crippen LogP contribution in [0.15, 0.2) is 41.0 Å². The number of carbonyl (C=O) groups excluding carboxylic acids is 1. The summed E-state index contributed by atoms with van der Waals surface area (Å²) in [6, 6.07) is 8.27. The minimum absolute atomic E-state index is 0.0327. The maximum atomic E-state index is 12.5. The van der Waals surface area contributed by atoms with Gasteiger partial charge in [-0.05, 0) is 51.1 Å². The van der Waals surface area contributed by atoms with Crippen molar-refractivity contribution in [3.8, 4) is 0 Å². The van der Waals surface area contributed by atoms with Gasteiger partial charge in [-0.2, -0.15) is 0 Å². The van der Waals surface area contributed by atoms with E-state index in [0.29, 0.717) is 17.7 Å². The van der Waals surface area contributed by atoms with Crippen LogP contribution in [0.5, 0.6) is 0 Å². The zero-order valence-corrected chi connectivity index (χ0v) is 14.8. The highest BCUT2D eigenvalue weighted by molar-refractivity contribution is 5.95. The predicted molar refractivity (Wildman–Crippen MR) is 97.0 cm³/mol. The van der Waals surface area contributed by atoms with E-state index in [1.54, 1.807) is 25.3 Å². The molecule has 0 bridgehead atoms. The van der Waals surface area contributed by atoms with Crippen LogP contribution in [-0.4, -0.2) is 35.4 Å². The average Bonchev–Trinajstić information content (AvgIpc) is 3.17. The molecule has 26 heavy (non-hydrogen) atoms. The maximum absolute atomic E-state index is 12.5. The number of hydrogen-bond acceptors (Lipinski definition) is 5. The van der Waals surface area contributed by atoms with Crippen molar-refractivity contribution in [1.29, 1.82) is 0 Å². The fraction of sp³-hybridized carbons (Fsp3) is 0.421. The van der Waals surface area contributed by atoms with E-state index in [1.165, 1.54) is 12.5 Å². The summed E-state index contributed by atoms with van der Waals surface area (Å²) in [6.07, 6.45) is 5.13. The van der Waals surface area contributed by atoms with Crippen LogP contribution >= 0.6 is 0 Å². The molecule has 0 saturated carbocycles. The summed E-state index contributed by atoms with van der Waals surface area (Å²) in [7, 11) is 0. The van der Waals surface area contributed by atoms with Crippen molar-refractivity contribution >= 4 is 11.6 Å². The number of furan rings is 1. The van der Waals surface area contributed by atoms with Gasteiger partial charge in [0, 0.05) is 23.7 Å². The van der Waals surface area contributed by atoms with Gasteiger partial charge in [-0.3, -0.25) is 19.8 Å². The molecular formula is C19H23N3O4. The number of amides is 1. The summed E-state index contributed by atoms with van der Waals surface area (Å²) in [6.45, 7) is 3.99. The van der Waals surface area contributed by atoms with Gasteiger partial charge in [0.2, 0.25) is 0 Å². The van der Waals surface area contributed by atoms with Gasteiger partial charge in [0.1, 0.15) is 5.76 Å². The molecule has 0 radical (unpaired) electrons. The molecule has 7 heteroatoms. The van der Waals surface area contributed by atoms with Gasteiger partial charge in [0.15, 0.2) is 0 Å². The van der Waals surface area contributed by atoms with E-state index in [2.05, 4.69) is 10.2 Å². The summed E-state index contributed by atoms with van der Waals surface area (Å²) in [4.78, 5) is 25.4. The second-order valence-electron chi connectivity index (χ2n) is 6.60. The van der Waals surface area contributed by atoms with E-state index in [1.807, 2.05) is 12.1 Å². The molecule has 1 saturated heterocycles. The quantitative estimate of drug-likeness (QED) is 0.632. The van der Waals surface area contributed by atoms with Crippen LogP contribution in [0.4, 0.5) is 5.69 Å². The van der Waals surface area contributed by atoms with Gasteiger partial charge >= 0.3 is 0 Å². The summed E-state index contributed by atoms with van der Waals surface area (Å²) in [5, 5.41) is 14.0. The number of nitrogens with zero attached hydrogens (tertiary/aromatic N) is 2. The van der Waals surface area contributed by atoms with Crippen LogP contribution in [0, 0.1) is 17.0 Å². The number of hydrogen-bond donors (Lipinski definition) is 1. The summed E-state index contributed by atoms with van der Waals surface area (Å²) in [5.74, 6) is 0.503. The molecule has 1 fully saturated rings. The Morgan fingerprint density at radius 2 is 2.08 bits per heavy atom. The van der Waals surface area contributed by atoms with Gasteiger partial charge in [-0.25, -0.2) is 0 Å². The van der Waals surface area contributed by atoms with E-state index in [9.17, 15) is 14.9 Å². The second-order valence-corrected chi connectivity index (χ2v) is 6.60. The predicted octanol–water partition coefficient (Wildman–Crippen LogP) is 3.45. The minimum Gasteiger partial charge on any atom is -0.468 e. The highest BCUT2D eigenvalue weighted by Crippen LogP contribution is 2.25. The molecule has 1 aromatic carbocycles. The number of piperidine rings is 1. The SMILES string of the molecule is Cc1ccc(C(=O)NC[C@@H](c2ccco2)N2CCCCC2)cc1[N+](=O)[O-]. The average molecular weight is 357 g/mol. The molecule has 1 amide bonds. The van der Waals surface area contributed by atoms with Crippen molar-refractivity contribution in [2.24, 2.45) is 0 Å². The highest BCUT2D eigenvalue weighted by atomic mass is 16.6. The number of aryl methyl sites for hydroxylation is 1. The normalized spacial score (nSPS) is 16.2. The van der Waals surface area contributed by atoms with Crippen LogP contribution in [0.25, 0.3) is 0 Å². The van der Waals surface area contributed by atoms with E-state index in [0.717, 1.165) is 31.7 Å². The first-order chi connectivity index (χ1) is 12.6. The third-order valence-electron chi connectivity index (χ3n) is 4.83. The molecule has 1 atom stereocenters. The van der Waals surface area contributed by atoms with E-state index < -0.39 is 4.92 Å². The molecular weight excluding hydrogens is 334 g/mol. The first kappa shape index (κ1) is 18.1. The summed E-state index contributed by atoms with van der Waals surface area (Å²) < 4.78 is 5.57. The van der Waals surface area contributed by atoms with E-state index in [-0.39, 0.29) is 17.6 Å².